The molecular formula is C16H27ClN2O6. The highest BCUT2D eigenvalue weighted by Crippen LogP contribution is 2.18. The first-order valence-corrected chi connectivity index (χ1v) is 7.92. The minimum atomic E-state index is -0.402. The molecule has 2 atom stereocenters. The average Bonchev–Trinajstić information content (AvgIpc) is 3.30. The molecule has 2 rings (SSSR count). The highest BCUT2D eigenvalue weighted by molar-refractivity contribution is 5.85. The summed E-state index contributed by atoms with van der Waals surface area (Å²) in [6.07, 6.45) is 2.66. The second-order valence-electron chi connectivity index (χ2n) is 5.53. The van der Waals surface area contributed by atoms with Gasteiger partial charge in [-0.05, 0) is 19.4 Å². The van der Waals surface area contributed by atoms with E-state index < -0.39 is 6.09 Å². The van der Waals surface area contributed by atoms with Gasteiger partial charge < -0.3 is 24.4 Å². The summed E-state index contributed by atoms with van der Waals surface area (Å²) in [4.78, 5) is 34.8. The van der Waals surface area contributed by atoms with Gasteiger partial charge in [0.05, 0.1) is 26.1 Å². The van der Waals surface area contributed by atoms with Crippen LogP contribution in [0.5, 0.6) is 0 Å². The van der Waals surface area contributed by atoms with Gasteiger partial charge in [0.15, 0.2) is 0 Å². The second kappa shape index (κ2) is 12.5. The van der Waals surface area contributed by atoms with Crippen LogP contribution < -0.4 is 5.32 Å². The van der Waals surface area contributed by atoms with Crippen LogP contribution in [-0.2, 0) is 23.8 Å². The Morgan fingerprint density at radius 2 is 1.80 bits per heavy atom. The quantitative estimate of drug-likeness (QED) is 0.443. The maximum absolute atomic E-state index is 11.4. The van der Waals surface area contributed by atoms with Crippen LogP contribution in [0, 0.1) is 11.8 Å². The second-order valence-corrected chi connectivity index (χ2v) is 5.53. The van der Waals surface area contributed by atoms with Gasteiger partial charge in [-0.2, -0.15) is 0 Å². The zero-order valence-corrected chi connectivity index (χ0v) is 15.5. The molecule has 1 amide bonds. The van der Waals surface area contributed by atoms with Crippen LogP contribution in [0.25, 0.3) is 0 Å². The summed E-state index contributed by atoms with van der Waals surface area (Å²) >= 11 is 0. The molecule has 25 heavy (non-hydrogen) atoms. The van der Waals surface area contributed by atoms with Gasteiger partial charge in [-0.15, -0.1) is 12.4 Å². The predicted octanol–water partition coefficient (Wildman–Crippen LogP) is 0.995. The predicted molar refractivity (Wildman–Crippen MR) is 93.5 cm³/mol. The van der Waals surface area contributed by atoms with E-state index >= 15 is 0 Å². The van der Waals surface area contributed by atoms with Crippen molar-refractivity contribution in [1.29, 1.82) is 0 Å². The van der Waals surface area contributed by atoms with Crippen LogP contribution in [0.3, 0.4) is 0 Å². The van der Waals surface area contributed by atoms with Gasteiger partial charge in [0.2, 0.25) is 0 Å². The molecule has 0 spiro atoms. The molecule has 0 radical (unpaired) electrons. The van der Waals surface area contributed by atoms with Gasteiger partial charge >= 0.3 is 18.0 Å². The lowest BCUT2D eigenvalue weighted by molar-refractivity contribution is -0.145. The lowest BCUT2D eigenvalue weighted by Crippen LogP contribution is -2.30. The molecule has 2 saturated heterocycles. The number of carbonyl (C=O) groups excluding carboxylic acids is 3. The summed E-state index contributed by atoms with van der Waals surface area (Å²) in [5.41, 5.74) is 0. The highest BCUT2D eigenvalue weighted by atomic mass is 35.5. The molecule has 0 aromatic carbocycles. The standard InChI is InChI=1S/C10H15NO4.C6H11NO2.ClH/c1-3-6-15-10(13)11-5-4-8(7-11)9(12)14-2;1-9-6(8)5-2-3-7-4-5;/h3,8H,1,4-7H2,2H3;5,7H,2-4H2,1H3;1H. The molecular weight excluding hydrogens is 352 g/mol. The van der Waals surface area contributed by atoms with Gasteiger partial charge in [-0.1, -0.05) is 12.7 Å². The van der Waals surface area contributed by atoms with Gasteiger partial charge in [0, 0.05) is 19.6 Å². The number of likely N-dealkylation sites (tertiary alicyclic amines) is 1. The van der Waals surface area contributed by atoms with Crippen molar-refractivity contribution in [2.75, 3.05) is 47.0 Å². The third kappa shape index (κ3) is 7.74. The number of hydrogen-bond acceptors (Lipinski definition) is 7. The minimum Gasteiger partial charge on any atom is -0.469 e. The minimum absolute atomic E-state index is 0. The number of nitrogens with one attached hydrogen (secondary N) is 1. The molecule has 2 aliphatic heterocycles. The van der Waals surface area contributed by atoms with Crippen LogP contribution in [0.1, 0.15) is 12.8 Å². The molecule has 0 aromatic heterocycles. The van der Waals surface area contributed by atoms with E-state index in [1.165, 1.54) is 25.2 Å². The Kier molecular flexibility index (Phi) is 11.6. The molecule has 9 heteroatoms. The van der Waals surface area contributed by atoms with Crippen molar-refractivity contribution < 1.29 is 28.6 Å². The molecule has 2 fully saturated rings. The fraction of sp³-hybridized carbons (Fsp3) is 0.688. The SMILES string of the molecule is C=CCOC(=O)N1CCC(C(=O)OC)C1.COC(=O)C1CCNC1.Cl. The number of amides is 1. The first kappa shape index (κ1) is 23.2. The highest BCUT2D eigenvalue weighted by Gasteiger charge is 2.32. The number of hydrogen-bond donors (Lipinski definition) is 1. The zero-order valence-electron chi connectivity index (χ0n) is 14.7. The molecule has 0 saturated carbocycles. The molecule has 0 aromatic rings. The molecule has 144 valence electrons. The Hall–Kier alpha value is -1.80. The topological polar surface area (TPSA) is 94.2 Å². The van der Waals surface area contributed by atoms with E-state index in [2.05, 4.69) is 21.4 Å². The number of ether oxygens (including phenoxy) is 3. The van der Waals surface area contributed by atoms with E-state index in [-0.39, 0.29) is 42.8 Å². The summed E-state index contributed by atoms with van der Waals surface area (Å²) in [6.45, 7) is 6.28. The monoisotopic (exact) mass is 378 g/mol. The molecule has 2 unspecified atom stereocenters. The maximum atomic E-state index is 11.4. The third-order valence-electron chi connectivity index (χ3n) is 3.90. The first-order valence-electron chi connectivity index (χ1n) is 7.92. The number of rotatable bonds is 4. The Morgan fingerprint density at radius 1 is 1.16 bits per heavy atom. The molecule has 2 aliphatic rings. The van der Waals surface area contributed by atoms with Crippen LogP contribution in [0.2, 0.25) is 0 Å². The molecule has 8 nitrogen and oxygen atoms in total. The number of halogens is 1. The summed E-state index contributed by atoms with van der Waals surface area (Å²) in [7, 11) is 2.78. The van der Waals surface area contributed by atoms with E-state index in [9.17, 15) is 14.4 Å². The number of nitrogens with zero attached hydrogens (tertiary/aromatic N) is 1. The average molecular weight is 379 g/mol. The van der Waals surface area contributed by atoms with E-state index in [1.807, 2.05) is 0 Å². The molecule has 1 N–H and O–H groups in total. The molecule has 2 heterocycles. The normalized spacial score (nSPS) is 21.3. The fourth-order valence-corrected chi connectivity index (χ4v) is 2.53. The number of esters is 2. The van der Waals surface area contributed by atoms with Crippen LogP contribution in [0.15, 0.2) is 12.7 Å². The van der Waals surface area contributed by atoms with E-state index in [0.29, 0.717) is 19.5 Å². The third-order valence-corrected chi connectivity index (χ3v) is 3.90. The van der Waals surface area contributed by atoms with Gasteiger partial charge in [0.25, 0.3) is 0 Å². The fourth-order valence-electron chi connectivity index (χ4n) is 2.53. The first-order chi connectivity index (χ1) is 11.5. The van der Waals surface area contributed by atoms with E-state index in [1.54, 1.807) is 0 Å². The Bertz CT molecular complexity index is 454. The largest absolute Gasteiger partial charge is 0.469 e. The molecule has 0 bridgehead atoms. The van der Waals surface area contributed by atoms with Crippen molar-refractivity contribution in [3.05, 3.63) is 12.7 Å². The van der Waals surface area contributed by atoms with Crippen molar-refractivity contribution in [2.45, 2.75) is 12.8 Å². The van der Waals surface area contributed by atoms with Crippen molar-refractivity contribution in [2.24, 2.45) is 11.8 Å². The van der Waals surface area contributed by atoms with Crippen LogP contribution in [0.4, 0.5) is 4.79 Å². The van der Waals surface area contributed by atoms with Crippen molar-refractivity contribution in [3.8, 4) is 0 Å². The maximum Gasteiger partial charge on any atom is 0.410 e. The van der Waals surface area contributed by atoms with Crippen LogP contribution >= 0.6 is 12.4 Å². The summed E-state index contributed by atoms with van der Waals surface area (Å²) in [5.74, 6) is -0.463. The van der Waals surface area contributed by atoms with Gasteiger partial charge in [0.1, 0.15) is 6.61 Å². The summed E-state index contributed by atoms with van der Waals surface area (Å²) < 4.78 is 14.0. The Morgan fingerprint density at radius 3 is 2.32 bits per heavy atom. The Balaban J connectivity index is 0.000000495. The zero-order chi connectivity index (χ0) is 17.9. The molecule has 0 aliphatic carbocycles. The summed E-state index contributed by atoms with van der Waals surface area (Å²) in [6, 6.07) is 0. The van der Waals surface area contributed by atoms with E-state index in [0.717, 1.165) is 19.5 Å². The lowest BCUT2D eigenvalue weighted by atomic mass is 10.1. The van der Waals surface area contributed by atoms with Crippen molar-refractivity contribution in [1.82, 2.24) is 10.2 Å². The number of methoxy groups -OCH3 is 2. The van der Waals surface area contributed by atoms with Gasteiger partial charge in [-0.25, -0.2) is 4.79 Å². The van der Waals surface area contributed by atoms with Gasteiger partial charge in [-0.3, -0.25) is 9.59 Å². The van der Waals surface area contributed by atoms with Crippen molar-refractivity contribution >= 4 is 30.4 Å². The summed E-state index contributed by atoms with van der Waals surface area (Å²) in [5, 5.41) is 3.09. The smallest absolute Gasteiger partial charge is 0.410 e. The van der Waals surface area contributed by atoms with Crippen LogP contribution in [-0.4, -0.2) is 69.9 Å². The Labute approximate surface area is 154 Å². The van der Waals surface area contributed by atoms with E-state index in [4.69, 9.17) is 4.74 Å². The lowest BCUT2D eigenvalue weighted by Gasteiger charge is -2.14. The van der Waals surface area contributed by atoms with Crippen molar-refractivity contribution in [3.63, 3.8) is 0 Å². The number of carbonyl (C=O) groups is 3.